The number of aromatic amines is 4. The lowest BCUT2D eigenvalue weighted by Crippen LogP contribution is -2.51. The Morgan fingerprint density at radius 3 is 1.41 bits per heavy atom. The van der Waals surface area contributed by atoms with Crippen molar-refractivity contribution in [3.63, 3.8) is 0 Å². The molecule has 4 aliphatic rings. The molecule has 10 heterocycles. The van der Waals surface area contributed by atoms with Gasteiger partial charge in [-0.15, -0.1) is 0 Å². The molecule has 10 rings (SSSR count). The Balaban J connectivity index is 0.000000259. The Kier molecular flexibility index (Phi) is 28.2. The zero-order chi connectivity index (χ0) is 83.6. The summed E-state index contributed by atoms with van der Waals surface area (Å²) in [6.45, 7) is 56.5. The van der Waals surface area contributed by atoms with Gasteiger partial charge in [-0.2, -0.15) is 9.97 Å². The molecule has 0 spiro atoms. The maximum absolute atomic E-state index is 14.8. The van der Waals surface area contributed by atoms with E-state index >= 15 is 0 Å². The van der Waals surface area contributed by atoms with Crippen molar-refractivity contribution in [3.8, 4) is 0 Å². The molecule has 6 aromatic heterocycles. The zero-order valence-corrected chi connectivity index (χ0v) is 72.2. The van der Waals surface area contributed by atoms with Gasteiger partial charge in [0.1, 0.15) is 61.5 Å². The van der Waals surface area contributed by atoms with Crippen LogP contribution in [0, 0.1) is 38.8 Å². The first kappa shape index (κ1) is 89.5. The molecular formula is C72H110N16O21P2Si2. The second kappa shape index (κ2) is 35.6. The number of ether oxygens (including phenoxy) is 4. The van der Waals surface area contributed by atoms with Crippen molar-refractivity contribution >= 4 is 79.1 Å². The minimum Gasteiger partial charge on any atom is -0.411 e. The average Bonchev–Trinajstić information content (AvgIpc) is 1.65. The summed E-state index contributed by atoms with van der Waals surface area (Å²) in [6.07, 6.45) is -0.512. The molecule has 0 saturated carbocycles. The van der Waals surface area contributed by atoms with E-state index in [1.54, 1.807) is 64.5 Å². The SMILES string of the molecule is [C-]#[N+]CCOP(=O)(O[C@@H]1C[C@H](n2cnc3c(=O)[nH]c(NC(=O)C(C)C)nc32)O[C@@H]1CC)OC(C)(C)[C@H]1O[C@@H](n2cc(C)c(=O)[nH]c2=O)C[C@H]1O[Si](C)(C)C(C)(C)C.[C-]#[N+]CCOP(O[C@@H]1C[C@H](n2cnc3c(=O)[nH]c(NC(=O)C(C)C)nc32)O[C@@H]1CC)OC(C)(C)[C@H]1O[C@@H](n2cc(C)c(=O)[nH]c2=O)C[C@H]1O[Si](C)(C)C(C)(C)C. The molecule has 6 N–H and O–H groups in total. The van der Waals surface area contributed by atoms with Crippen molar-refractivity contribution in [1.82, 2.24) is 58.1 Å². The van der Waals surface area contributed by atoms with E-state index in [1.807, 2.05) is 27.7 Å². The van der Waals surface area contributed by atoms with Crippen LogP contribution in [0.2, 0.25) is 36.3 Å². The highest BCUT2D eigenvalue weighted by atomic mass is 31.2. The van der Waals surface area contributed by atoms with Gasteiger partial charge in [0.25, 0.3) is 22.2 Å². The molecule has 113 heavy (non-hydrogen) atoms. The Morgan fingerprint density at radius 2 is 0.991 bits per heavy atom. The Hall–Kier alpha value is -7.41. The predicted molar refractivity (Wildman–Crippen MR) is 424 cm³/mol. The Labute approximate surface area is 657 Å². The number of phosphoric acid groups is 1. The van der Waals surface area contributed by atoms with Crippen LogP contribution in [-0.4, -0.2) is 173 Å². The van der Waals surface area contributed by atoms with Crippen LogP contribution < -0.4 is 44.3 Å². The number of aryl methyl sites for hydroxylation is 2. The number of anilines is 2. The summed E-state index contributed by atoms with van der Waals surface area (Å²) >= 11 is 0. The molecule has 2 unspecified atom stereocenters. The normalized spacial score (nSPS) is 24.0. The molecule has 4 aliphatic heterocycles. The number of nitrogens with one attached hydrogen (secondary N) is 6. The smallest absolute Gasteiger partial charge is 0.411 e. The van der Waals surface area contributed by atoms with E-state index in [0.29, 0.717) is 36.8 Å². The fourth-order valence-electron chi connectivity index (χ4n) is 12.8. The van der Waals surface area contributed by atoms with Crippen LogP contribution in [0.25, 0.3) is 32.0 Å². The first-order valence-corrected chi connectivity index (χ1v) is 46.3. The van der Waals surface area contributed by atoms with Crippen LogP contribution in [0.5, 0.6) is 0 Å². The van der Waals surface area contributed by atoms with E-state index in [0.717, 1.165) is 0 Å². The van der Waals surface area contributed by atoms with Gasteiger partial charge >= 0.3 is 27.8 Å². The number of H-pyrrole nitrogens is 4. The molecule has 2 amide bonds. The Bertz CT molecular complexity index is 4930. The summed E-state index contributed by atoms with van der Waals surface area (Å²) in [6, 6.07) is 0. The van der Waals surface area contributed by atoms with Crippen LogP contribution >= 0.6 is 16.4 Å². The molecule has 4 saturated heterocycles. The van der Waals surface area contributed by atoms with E-state index in [4.69, 9.17) is 68.1 Å². The van der Waals surface area contributed by atoms with Crippen LogP contribution in [0.4, 0.5) is 11.9 Å². The molecule has 4 fully saturated rings. The summed E-state index contributed by atoms with van der Waals surface area (Å²) in [5.41, 5.74) is -4.65. The maximum Gasteiger partial charge on any atom is 0.476 e. The highest BCUT2D eigenvalue weighted by Crippen LogP contribution is 2.59. The van der Waals surface area contributed by atoms with Crippen LogP contribution in [0.15, 0.2) is 53.8 Å². The van der Waals surface area contributed by atoms with Crippen molar-refractivity contribution in [1.29, 1.82) is 0 Å². The number of amides is 2. The van der Waals surface area contributed by atoms with Gasteiger partial charge < -0.3 is 51.1 Å². The van der Waals surface area contributed by atoms with Gasteiger partial charge in [-0.25, -0.2) is 37.3 Å². The molecular weight excluding hydrogens is 1540 g/mol. The summed E-state index contributed by atoms with van der Waals surface area (Å²) in [5.74, 6) is -1.38. The molecule has 0 aliphatic carbocycles. The number of fused-ring (bicyclic) bond motifs is 2. The topological polar surface area (TPSA) is 432 Å². The van der Waals surface area contributed by atoms with Crippen LogP contribution in [0.1, 0.15) is 185 Å². The van der Waals surface area contributed by atoms with Gasteiger partial charge in [-0.05, 0) is 90.6 Å². The third-order valence-electron chi connectivity index (χ3n) is 21.1. The summed E-state index contributed by atoms with van der Waals surface area (Å²) in [5, 5.41) is 4.91. The number of hydrogen-bond acceptors (Lipinski definition) is 25. The van der Waals surface area contributed by atoms with Crippen molar-refractivity contribution in [2.24, 2.45) is 11.8 Å². The van der Waals surface area contributed by atoms with Gasteiger partial charge in [0, 0.05) is 61.0 Å². The second-order valence-corrected chi connectivity index (χ2v) is 45.5. The third kappa shape index (κ3) is 20.9. The summed E-state index contributed by atoms with van der Waals surface area (Å²) in [7, 11) is -11.5. The molecule has 37 nitrogen and oxygen atoms in total. The summed E-state index contributed by atoms with van der Waals surface area (Å²) in [4.78, 5) is 135. The molecule has 0 bridgehead atoms. The van der Waals surface area contributed by atoms with Gasteiger partial charge in [-0.1, -0.05) is 83.1 Å². The number of hydrogen-bond donors (Lipinski definition) is 6. The van der Waals surface area contributed by atoms with E-state index in [1.165, 1.54) is 34.2 Å². The molecule has 14 atom stereocenters. The van der Waals surface area contributed by atoms with Crippen molar-refractivity contribution in [2.45, 2.75) is 284 Å². The molecule has 41 heteroatoms. The van der Waals surface area contributed by atoms with E-state index in [9.17, 15) is 42.9 Å². The van der Waals surface area contributed by atoms with Gasteiger partial charge in [0.15, 0.2) is 39.0 Å². The van der Waals surface area contributed by atoms with Gasteiger partial charge in [0.05, 0.1) is 49.3 Å². The van der Waals surface area contributed by atoms with Crippen LogP contribution in [-0.2, 0) is 69.1 Å². The number of carbonyl (C=O) groups excluding carboxylic acids is 2. The van der Waals surface area contributed by atoms with Crippen molar-refractivity contribution < 1.29 is 69.1 Å². The number of phosphoric ester groups is 1. The minimum absolute atomic E-state index is 0.000850. The minimum atomic E-state index is -4.55. The highest BCUT2D eigenvalue weighted by molar-refractivity contribution is 7.48. The van der Waals surface area contributed by atoms with Gasteiger partial charge in [0.2, 0.25) is 36.8 Å². The van der Waals surface area contributed by atoms with E-state index in [2.05, 4.69) is 128 Å². The fourth-order valence-corrected chi connectivity index (χ4v) is 18.4. The average molecular weight is 1650 g/mol. The molecule has 6 aromatic rings. The largest absolute Gasteiger partial charge is 0.476 e. The number of imidazole rings is 2. The van der Waals surface area contributed by atoms with E-state index < -0.39 is 152 Å². The lowest BCUT2D eigenvalue weighted by Gasteiger charge is -2.42. The third-order valence-corrected chi connectivity index (χ3v) is 33.3. The number of rotatable bonds is 30. The quantitative estimate of drug-likeness (QED) is 0.0106. The Morgan fingerprint density at radius 1 is 0.593 bits per heavy atom. The number of nitrogens with zero attached hydrogens (tertiary/aromatic N) is 10. The molecule has 0 radical (unpaired) electrons. The van der Waals surface area contributed by atoms with E-state index in [-0.39, 0.29) is 107 Å². The predicted octanol–water partition coefficient (Wildman–Crippen LogP) is 10.5. The molecule has 622 valence electrons. The maximum atomic E-state index is 14.8. The lowest BCUT2D eigenvalue weighted by molar-refractivity contribution is -0.123. The summed E-state index contributed by atoms with van der Waals surface area (Å²) < 4.78 is 98.4. The van der Waals surface area contributed by atoms with Crippen molar-refractivity contribution in [3.05, 3.63) is 121 Å². The lowest BCUT2D eigenvalue weighted by atomic mass is 9.97. The standard InChI is InChI=1S/C36H55N8O11PSi.C36H55N8O10PSi/c1-13-22-23(16-26(51-22)44-19-38-27-29(44)39-33(41-32(27)47)40-30(45)20(2)3)53-56(49,50-15-14-37-10)55-36(8,9)28-24(54-57(11,12)35(5,6)7)17-25(52-28)43-18-21(4)31(46)42-34(43)48;1-13-22-23(16-26(50-22)44-19-38-27-29(44)39-33(41-32(27)47)40-30(45)20(2)3)52-55(49-15-14-37-10)54-36(8,9)28-24(53-56(11,12)35(5,6)7)17-25(51-28)43-18-21(4)31(46)42-34(43)48/h18-20,22-26,28H,13-17H2,1-9,11-12H3,(H,42,46,48)(H2,39,40,41,45,47);18-20,22-26,28H,13-17H2,1-9,11-12H3,(H,42,46,48)(H2,39,40,41,45,47)/t22-,23-,24-,25-,26-,28+,56?;22-,23-,24-,25-,26-,28+,55?/m11/s1. The van der Waals surface area contributed by atoms with Crippen LogP contribution in [0.3, 0.4) is 0 Å². The first-order chi connectivity index (χ1) is 52.6. The highest BCUT2D eigenvalue weighted by Gasteiger charge is 2.56. The second-order valence-electron chi connectivity index (χ2n) is 33.4. The number of aromatic nitrogens is 12. The number of carbonyl (C=O) groups is 2. The monoisotopic (exact) mass is 1650 g/mol. The molecule has 0 aromatic carbocycles. The van der Waals surface area contributed by atoms with Gasteiger partial charge in [-0.3, -0.25) is 91.2 Å². The van der Waals surface area contributed by atoms with Crippen molar-refractivity contribution in [2.75, 3.05) is 36.9 Å². The zero-order valence-electron chi connectivity index (χ0n) is 68.4. The fraction of sp³-hybridized carbons (Fsp3) is 0.694. The first-order valence-electron chi connectivity index (χ1n) is 37.9.